The maximum Gasteiger partial charge on any atom is 0.310 e. The van der Waals surface area contributed by atoms with Gasteiger partial charge in [0, 0.05) is 12.1 Å². The number of hydrogen-bond donors (Lipinski definition) is 2. The van der Waals surface area contributed by atoms with Crippen molar-refractivity contribution in [3.8, 4) is 5.75 Å². The Balaban J connectivity index is 2.04. The summed E-state index contributed by atoms with van der Waals surface area (Å²) in [5, 5.41) is 12.1. The molecule has 2 aromatic carbocycles. The normalized spacial score (nSPS) is 11.6. The Labute approximate surface area is 141 Å². The summed E-state index contributed by atoms with van der Waals surface area (Å²) >= 11 is 0. The summed E-state index contributed by atoms with van der Waals surface area (Å²) in [6, 6.07) is 13.9. The fraction of sp³-hybridized carbons (Fsp3) is 0.263. The van der Waals surface area contributed by atoms with Gasteiger partial charge in [-0.1, -0.05) is 30.3 Å². The van der Waals surface area contributed by atoms with Gasteiger partial charge in [0.25, 0.3) is 5.91 Å². The van der Waals surface area contributed by atoms with Crippen LogP contribution in [-0.2, 0) is 16.0 Å². The van der Waals surface area contributed by atoms with E-state index in [1.165, 1.54) is 7.11 Å². The third kappa shape index (κ3) is 4.59. The van der Waals surface area contributed by atoms with E-state index in [0.29, 0.717) is 12.0 Å². The number of rotatable bonds is 6. The molecule has 1 atom stereocenters. The third-order valence-electron chi connectivity index (χ3n) is 3.85. The Bertz CT molecular complexity index is 710. The third-order valence-corrected chi connectivity index (χ3v) is 3.85. The fourth-order valence-corrected chi connectivity index (χ4v) is 2.46. The number of ether oxygens (including phenoxy) is 1. The van der Waals surface area contributed by atoms with Gasteiger partial charge < -0.3 is 15.2 Å². The largest absolute Gasteiger partial charge is 0.508 e. The lowest BCUT2D eigenvalue weighted by Gasteiger charge is -2.16. The van der Waals surface area contributed by atoms with Crippen LogP contribution in [0.2, 0.25) is 0 Å². The predicted octanol–water partition coefficient (Wildman–Crippen LogP) is 2.46. The summed E-state index contributed by atoms with van der Waals surface area (Å²) in [6.45, 7) is 2.05. The average molecular weight is 327 g/mol. The first-order chi connectivity index (χ1) is 11.5. The Morgan fingerprint density at radius 1 is 1.12 bits per heavy atom. The molecule has 2 N–H and O–H groups in total. The molecular weight excluding hydrogens is 306 g/mol. The molecule has 0 heterocycles. The zero-order valence-corrected chi connectivity index (χ0v) is 13.8. The number of amides is 1. The van der Waals surface area contributed by atoms with Crippen molar-refractivity contribution < 1.29 is 19.4 Å². The lowest BCUT2D eigenvalue weighted by atomic mass is 9.99. The van der Waals surface area contributed by atoms with E-state index in [9.17, 15) is 14.7 Å². The number of carbonyl (C=O) groups excluding carboxylic acids is 2. The maximum absolute atomic E-state index is 12.3. The molecular formula is C19H21NO4. The van der Waals surface area contributed by atoms with Crippen molar-refractivity contribution in [3.05, 3.63) is 65.2 Å². The Morgan fingerprint density at radius 2 is 1.79 bits per heavy atom. The molecule has 0 saturated heterocycles. The molecule has 0 spiro atoms. The number of phenols is 1. The zero-order valence-electron chi connectivity index (χ0n) is 13.8. The summed E-state index contributed by atoms with van der Waals surface area (Å²) < 4.78 is 4.83. The smallest absolute Gasteiger partial charge is 0.310 e. The molecule has 2 aromatic rings. The quantitative estimate of drug-likeness (QED) is 0.799. The maximum atomic E-state index is 12.3. The van der Waals surface area contributed by atoms with Gasteiger partial charge in [-0.15, -0.1) is 0 Å². The first-order valence-electron chi connectivity index (χ1n) is 7.71. The highest BCUT2D eigenvalue weighted by atomic mass is 16.5. The summed E-state index contributed by atoms with van der Waals surface area (Å²) in [7, 11) is 1.33. The monoisotopic (exact) mass is 327 g/mol. The molecule has 0 aromatic heterocycles. The molecule has 0 unspecified atom stereocenters. The van der Waals surface area contributed by atoms with Crippen LogP contribution in [0, 0.1) is 12.8 Å². The van der Waals surface area contributed by atoms with Crippen LogP contribution in [0.4, 0.5) is 0 Å². The van der Waals surface area contributed by atoms with Crippen LogP contribution < -0.4 is 5.32 Å². The second-order valence-electron chi connectivity index (χ2n) is 5.62. The van der Waals surface area contributed by atoms with Gasteiger partial charge in [0.1, 0.15) is 5.75 Å². The second kappa shape index (κ2) is 8.15. The van der Waals surface area contributed by atoms with Gasteiger partial charge in [-0.25, -0.2) is 0 Å². The van der Waals surface area contributed by atoms with Crippen molar-refractivity contribution >= 4 is 11.9 Å². The molecule has 5 heteroatoms. The van der Waals surface area contributed by atoms with E-state index in [4.69, 9.17) is 4.74 Å². The number of aromatic hydroxyl groups is 1. The van der Waals surface area contributed by atoms with Crippen LogP contribution in [0.3, 0.4) is 0 Å². The minimum absolute atomic E-state index is 0.168. The highest BCUT2D eigenvalue weighted by Gasteiger charge is 2.21. The SMILES string of the molecule is COC(=O)[C@H](CNC(=O)c1ccccc1C)Cc1ccc(O)cc1. The highest BCUT2D eigenvalue weighted by molar-refractivity contribution is 5.95. The van der Waals surface area contributed by atoms with Gasteiger partial charge in [-0.05, 0) is 42.7 Å². The molecule has 0 aliphatic rings. The van der Waals surface area contributed by atoms with Crippen LogP contribution in [0.1, 0.15) is 21.5 Å². The number of aryl methyl sites for hydroxylation is 1. The van der Waals surface area contributed by atoms with Gasteiger partial charge in [0.05, 0.1) is 13.0 Å². The highest BCUT2D eigenvalue weighted by Crippen LogP contribution is 2.15. The predicted molar refractivity (Wildman–Crippen MR) is 90.8 cm³/mol. The molecule has 0 saturated carbocycles. The number of methoxy groups -OCH3 is 1. The van der Waals surface area contributed by atoms with Crippen molar-refractivity contribution in [2.24, 2.45) is 5.92 Å². The molecule has 0 radical (unpaired) electrons. The van der Waals surface area contributed by atoms with Crippen LogP contribution in [0.5, 0.6) is 5.75 Å². The fourth-order valence-electron chi connectivity index (χ4n) is 2.46. The standard InChI is InChI=1S/C19H21NO4/c1-13-5-3-4-6-17(13)18(22)20-12-15(19(23)24-2)11-14-7-9-16(21)10-8-14/h3-10,15,21H,11-12H2,1-2H3,(H,20,22)/t15-/m0/s1. The number of esters is 1. The lowest BCUT2D eigenvalue weighted by Crippen LogP contribution is -2.35. The van der Waals surface area contributed by atoms with Crippen molar-refractivity contribution in [3.63, 3.8) is 0 Å². The first kappa shape index (κ1) is 17.5. The number of benzene rings is 2. The van der Waals surface area contributed by atoms with Crippen molar-refractivity contribution in [1.29, 1.82) is 0 Å². The minimum atomic E-state index is -0.493. The van der Waals surface area contributed by atoms with E-state index in [0.717, 1.165) is 11.1 Å². The number of hydrogen-bond acceptors (Lipinski definition) is 4. The Kier molecular flexibility index (Phi) is 5.95. The molecule has 0 fully saturated rings. The van der Waals surface area contributed by atoms with Gasteiger partial charge in [0.2, 0.25) is 0 Å². The topological polar surface area (TPSA) is 75.6 Å². The van der Waals surface area contributed by atoms with Gasteiger partial charge in [-0.3, -0.25) is 9.59 Å². The van der Waals surface area contributed by atoms with Crippen molar-refractivity contribution in [2.45, 2.75) is 13.3 Å². The molecule has 24 heavy (non-hydrogen) atoms. The summed E-state index contributed by atoms with van der Waals surface area (Å²) in [6.07, 6.45) is 0.418. The van der Waals surface area contributed by atoms with Crippen molar-refractivity contribution in [1.82, 2.24) is 5.32 Å². The lowest BCUT2D eigenvalue weighted by molar-refractivity contribution is -0.145. The molecule has 126 valence electrons. The van der Waals surface area contributed by atoms with Crippen LogP contribution in [-0.4, -0.2) is 30.6 Å². The van der Waals surface area contributed by atoms with E-state index in [1.807, 2.05) is 19.1 Å². The number of nitrogens with one attached hydrogen (secondary N) is 1. The average Bonchev–Trinajstić information content (AvgIpc) is 2.59. The number of carbonyl (C=O) groups is 2. The van der Waals surface area contributed by atoms with Crippen LogP contribution in [0.15, 0.2) is 48.5 Å². The van der Waals surface area contributed by atoms with E-state index in [2.05, 4.69) is 5.32 Å². The molecule has 1 amide bonds. The van der Waals surface area contributed by atoms with E-state index in [1.54, 1.807) is 36.4 Å². The van der Waals surface area contributed by atoms with Gasteiger partial charge in [-0.2, -0.15) is 0 Å². The Hall–Kier alpha value is -2.82. The first-order valence-corrected chi connectivity index (χ1v) is 7.71. The van der Waals surface area contributed by atoms with E-state index < -0.39 is 5.92 Å². The summed E-state index contributed by atoms with van der Waals surface area (Å²) in [5.41, 5.74) is 2.35. The van der Waals surface area contributed by atoms with Gasteiger partial charge in [0.15, 0.2) is 0 Å². The Morgan fingerprint density at radius 3 is 2.42 bits per heavy atom. The molecule has 0 aliphatic carbocycles. The van der Waals surface area contributed by atoms with E-state index >= 15 is 0 Å². The van der Waals surface area contributed by atoms with E-state index in [-0.39, 0.29) is 24.2 Å². The zero-order chi connectivity index (χ0) is 17.5. The molecule has 5 nitrogen and oxygen atoms in total. The second-order valence-corrected chi connectivity index (χ2v) is 5.62. The van der Waals surface area contributed by atoms with Crippen molar-refractivity contribution in [2.75, 3.05) is 13.7 Å². The number of phenolic OH excluding ortho intramolecular Hbond substituents is 1. The molecule has 0 aliphatic heterocycles. The molecule has 0 bridgehead atoms. The van der Waals surface area contributed by atoms with Crippen LogP contribution >= 0.6 is 0 Å². The van der Waals surface area contributed by atoms with Gasteiger partial charge >= 0.3 is 5.97 Å². The van der Waals surface area contributed by atoms with Crippen LogP contribution in [0.25, 0.3) is 0 Å². The summed E-state index contributed by atoms with van der Waals surface area (Å²) in [4.78, 5) is 24.3. The summed E-state index contributed by atoms with van der Waals surface area (Å²) in [5.74, 6) is -0.922. The minimum Gasteiger partial charge on any atom is -0.508 e. The molecule has 2 rings (SSSR count).